The van der Waals surface area contributed by atoms with Crippen LogP contribution in [0.1, 0.15) is 65.2 Å². The molecule has 2 nitrogen and oxygen atoms in total. The van der Waals surface area contributed by atoms with Gasteiger partial charge in [0.2, 0.25) is 0 Å². The molecule has 0 bridgehead atoms. The number of hydrogen-bond donors (Lipinski definition) is 2. The van der Waals surface area contributed by atoms with Crippen molar-refractivity contribution in [2.24, 2.45) is 28.6 Å². The highest BCUT2D eigenvalue weighted by Crippen LogP contribution is 2.64. The van der Waals surface area contributed by atoms with E-state index in [0.29, 0.717) is 11.3 Å². The van der Waals surface area contributed by atoms with Gasteiger partial charge in [-0.3, -0.25) is 0 Å². The molecule has 3 fully saturated rings. The topological polar surface area (TPSA) is 40.5 Å². The highest BCUT2D eigenvalue weighted by atomic mass is 16.3. The van der Waals surface area contributed by atoms with E-state index in [0.717, 1.165) is 37.5 Å². The molecule has 4 aliphatic rings. The molecule has 4 rings (SSSR count). The highest BCUT2D eigenvalue weighted by molar-refractivity contribution is 5.25. The lowest BCUT2D eigenvalue weighted by Gasteiger charge is -2.57. The van der Waals surface area contributed by atoms with E-state index in [2.05, 4.69) is 19.9 Å². The fourth-order valence-electron chi connectivity index (χ4n) is 6.61. The van der Waals surface area contributed by atoms with Gasteiger partial charge in [0.1, 0.15) is 0 Å². The maximum atomic E-state index is 10.5. The van der Waals surface area contributed by atoms with Gasteiger partial charge in [-0.25, -0.2) is 0 Å². The summed E-state index contributed by atoms with van der Waals surface area (Å²) in [6, 6.07) is 0. The third-order valence-corrected chi connectivity index (χ3v) is 8.03. The maximum Gasteiger partial charge on any atom is 0.0596 e. The SMILES string of the molecule is C[C@]12CC[C@H]3[C@@H](CC=C4C[C@@H](O)CC[C@@]43C)[C@@H]1CC[C@H]2O. The molecule has 0 aromatic rings. The monoisotopic (exact) mass is 290 g/mol. The number of hydrogen-bond acceptors (Lipinski definition) is 2. The second kappa shape index (κ2) is 4.58. The van der Waals surface area contributed by atoms with E-state index in [1.807, 2.05) is 0 Å². The number of rotatable bonds is 0. The summed E-state index contributed by atoms with van der Waals surface area (Å²) in [4.78, 5) is 0. The Bertz CT molecular complexity index is 470. The zero-order chi connectivity index (χ0) is 14.8. The van der Waals surface area contributed by atoms with Gasteiger partial charge in [-0.15, -0.1) is 0 Å². The Labute approximate surface area is 128 Å². The summed E-state index contributed by atoms with van der Waals surface area (Å²) in [7, 11) is 0. The van der Waals surface area contributed by atoms with Crippen LogP contribution in [0.25, 0.3) is 0 Å². The van der Waals surface area contributed by atoms with Gasteiger partial charge >= 0.3 is 0 Å². The Morgan fingerprint density at radius 1 is 1.00 bits per heavy atom. The zero-order valence-electron chi connectivity index (χ0n) is 13.5. The van der Waals surface area contributed by atoms with Crippen molar-refractivity contribution >= 4 is 0 Å². The van der Waals surface area contributed by atoms with Crippen LogP contribution in [0, 0.1) is 28.6 Å². The van der Waals surface area contributed by atoms with Gasteiger partial charge in [0.15, 0.2) is 0 Å². The number of aliphatic hydroxyl groups is 2. The van der Waals surface area contributed by atoms with Crippen LogP contribution in [0.5, 0.6) is 0 Å². The van der Waals surface area contributed by atoms with E-state index in [1.165, 1.54) is 25.7 Å². The first-order valence-electron chi connectivity index (χ1n) is 9.01. The summed E-state index contributed by atoms with van der Waals surface area (Å²) >= 11 is 0. The Hall–Kier alpha value is -0.340. The van der Waals surface area contributed by atoms with Gasteiger partial charge in [0, 0.05) is 0 Å². The second-order valence-electron chi connectivity index (χ2n) is 8.79. The molecule has 2 N–H and O–H groups in total. The lowest BCUT2D eigenvalue weighted by Crippen LogP contribution is -2.51. The summed E-state index contributed by atoms with van der Waals surface area (Å²) in [5, 5.41) is 20.5. The van der Waals surface area contributed by atoms with Crippen molar-refractivity contribution in [2.45, 2.75) is 77.4 Å². The van der Waals surface area contributed by atoms with Crippen LogP contribution in [-0.2, 0) is 0 Å². The first-order valence-corrected chi connectivity index (χ1v) is 9.01. The molecule has 0 heterocycles. The van der Waals surface area contributed by atoms with Gasteiger partial charge in [-0.2, -0.15) is 0 Å². The van der Waals surface area contributed by atoms with Crippen molar-refractivity contribution in [1.82, 2.24) is 0 Å². The second-order valence-corrected chi connectivity index (χ2v) is 8.79. The summed E-state index contributed by atoms with van der Waals surface area (Å²) in [5.41, 5.74) is 2.05. The number of allylic oxidation sites excluding steroid dienone is 1. The Kier molecular flexibility index (Phi) is 3.11. The van der Waals surface area contributed by atoms with Crippen LogP contribution in [0.15, 0.2) is 11.6 Å². The summed E-state index contributed by atoms with van der Waals surface area (Å²) in [6.45, 7) is 4.81. The lowest BCUT2D eigenvalue weighted by molar-refractivity contribution is -0.0711. The van der Waals surface area contributed by atoms with Crippen LogP contribution in [0.3, 0.4) is 0 Å². The largest absolute Gasteiger partial charge is 0.393 e. The number of fused-ring (bicyclic) bond motifs is 5. The van der Waals surface area contributed by atoms with E-state index in [4.69, 9.17) is 0 Å². The van der Waals surface area contributed by atoms with E-state index >= 15 is 0 Å². The standard InChI is InChI=1S/C19H30O2/c1-18-9-7-13(20)11-12(18)3-4-14-15-5-6-17(21)19(15,2)10-8-16(14)18/h3,13-17,20-21H,4-11H2,1-2H3/t13-,14-,15-,16-,17+,18-,19-/m0/s1. The average Bonchev–Trinajstić information content (AvgIpc) is 2.76. The quantitative estimate of drug-likeness (QED) is 0.668. The molecule has 4 aliphatic carbocycles. The van der Waals surface area contributed by atoms with Crippen molar-refractivity contribution in [3.8, 4) is 0 Å². The molecule has 0 saturated heterocycles. The molecule has 7 atom stereocenters. The van der Waals surface area contributed by atoms with Crippen molar-refractivity contribution < 1.29 is 10.2 Å². The van der Waals surface area contributed by atoms with Crippen molar-refractivity contribution in [2.75, 3.05) is 0 Å². The van der Waals surface area contributed by atoms with Gasteiger partial charge < -0.3 is 10.2 Å². The van der Waals surface area contributed by atoms with E-state index in [-0.39, 0.29) is 17.6 Å². The van der Waals surface area contributed by atoms with Gasteiger partial charge in [-0.05, 0) is 80.0 Å². The first kappa shape index (κ1) is 14.3. The van der Waals surface area contributed by atoms with Crippen LogP contribution >= 0.6 is 0 Å². The fraction of sp³-hybridized carbons (Fsp3) is 0.895. The lowest BCUT2D eigenvalue weighted by atomic mass is 9.48. The van der Waals surface area contributed by atoms with Crippen molar-refractivity contribution in [3.05, 3.63) is 11.6 Å². The molecule has 118 valence electrons. The molecule has 0 spiro atoms. The summed E-state index contributed by atoms with van der Waals surface area (Å²) in [6.07, 6.45) is 11.2. The normalized spacial score (nSPS) is 56.2. The molecule has 0 aromatic carbocycles. The molecule has 0 aromatic heterocycles. The highest BCUT2D eigenvalue weighted by Gasteiger charge is 2.58. The summed E-state index contributed by atoms with van der Waals surface area (Å²) in [5.74, 6) is 2.27. The van der Waals surface area contributed by atoms with Crippen LogP contribution in [0.2, 0.25) is 0 Å². The molecular weight excluding hydrogens is 260 g/mol. The van der Waals surface area contributed by atoms with Crippen LogP contribution in [0.4, 0.5) is 0 Å². The average molecular weight is 290 g/mol. The third kappa shape index (κ3) is 1.84. The predicted molar refractivity (Wildman–Crippen MR) is 83.7 cm³/mol. The Morgan fingerprint density at radius 3 is 2.62 bits per heavy atom. The van der Waals surface area contributed by atoms with Gasteiger partial charge in [-0.1, -0.05) is 25.5 Å². The zero-order valence-corrected chi connectivity index (χ0v) is 13.5. The molecular formula is C19H30O2. The molecule has 3 saturated carbocycles. The smallest absolute Gasteiger partial charge is 0.0596 e. The Balaban J connectivity index is 1.68. The van der Waals surface area contributed by atoms with Gasteiger partial charge in [0.05, 0.1) is 12.2 Å². The van der Waals surface area contributed by atoms with Crippen molar-refractivity contribution in [1.29, 1.82) is 0 Å². The van der Waals surface area contributed by atoms with Crippen LogP contribution in [-0.4, -0.2) is 22.4 Å². The van der Waals surface area contributed by atoms with E-state index < -0.39 is 0 Å². The molecule has 21 heavy (non-hydrogen) atoms. The minimum Gasteiger partial charge on any atom is -0.393 e. The van der Waals surface area contributed by atoms with Gasteiger partial charge in [0.25, 0.3) is 0 Å². The van der Waals surface area contributed by atoms with Crippen molar-refractivity contribution in [3.63, 3.8) is 0 Å². The predicted octanol–water partition coefficient (Wildman–Crippen LogP) is 3.67. The molecule has 2 heteroatoms. The Morgan fingerprint density at radius 2 is 1.81 bits per heavy atom. The molecule has 0 aliphatic heterocycles. The molecule has 0 radical (unpaired) electrons. The fourth-order valence-corrected chi connectivity index (χ4v) is 6.61. The third-order valence-electron chi connectivity index (χ3n) is 8.03. The molecule has 0 amide bonds. The van der Waals surface area contributed by atoms with Crippen LogP contribution < -0.4 is 0 Å². The minimum atomic E-state index is -0.108. The maximum absolute atomic E-state index is 10.5. The van der Waals surface area contributed by atoms with E-state index in [9.17, 15) is 10.2 Å². The van der Waals surface area contributed by atoms with E-state index in [1.54, 1.807) is 5.57 Å². The molecule has 0 unspecified atom stereocenters. The summed E-state index contributed by atoms with van der Waals surface area (Å²) < 4.78 is 0. The number of aliphatic hydroxyl groups excluding tert-OH is 2. The first-order chi connectivity index (χ1) is 9.95. The minimum absolute atomic E-state index is 0.0742.